The molecule has 0 aliphatic heterocycles. The highest BCUT2D eigenvalue weighted by Gasteiger charge is 2.30. The van der Waals surface area contributed by atoms with E-state index in [2.05, 4.69) is 41.5 Å². The van der Waals surface area contributed by atoms with Crippen molar-refractivity contribution >= 4 is 39.5 Å². The standard InChI is InChI=1S/C70H136O17P2/c1-7-10-12-14-16-17-18-19-20-21-22-30-36-42-48-54-69(74)87-66(59-81-68(73)53-47-41-35-29-26-24-28-34-39-45-51-63(6)9-3)61-85-89(78,79)83-57-64(71)56-82-88(76,77)84-60-65(58-80-67(72)52-46-40-32-15-13-11-8-2)86-70(75)55-49-43-37-31-25-23-27-33-38-44-50-62(4)5/h62-66,71H,7-61H2,1-6H3,(H,76,77)(H,78,79)/t63?,64-,65+,66+/m0/s1. The number of phosphoric acid groups is 2. The topological polar surface area (TPSA) is 237 Å². The molecule has 528 valence electrons. The van der Waals surface area contributed by atoms with Gasteiger partial charge in [0.05, 0.1) is 26.4 Å². The number of phosphoric ester groups is 2. The molecular formula is C70H136O17P2. The van der Waals surface area contributed by atoms with Crippen LogP contribution in [0.25, 0.3) is 0 Å². The summed E-state index contributed by atoms with van der Waals surface area (Å²) in [6.07, 6.45) is 47.2. The summed E-state index contributed by atoms with van der Waals surface area (Å²) in [6, 6.07) is 0. The van der Waals surface area contributed by atoms with Gasteiger partial charge in [0.25, 0.3) is 0 Å². The Kier molecular flexibility index (Phi) is 60.8. The van der Waals surface area contributed by atoms with Crippen molar-refractivity contribution in [1.29, 1.82) is 0 Å². The van der Waals surface area contributed by atoms with Gasteiger partial charge < -0.3 is 33.8 Å². The van der Waals surface area contributed by atoms with Gasteiger partial charge in [-0.15, -0.1) is 0 Å². The van der Waals surface area contributed by atoms with Crippen LogP contribution in [0.1, 0.15) is 356 Å². The van der Waals surface area contributed by atoms with Crippen molar-refractivity contribution in [3.05, 3.63) is 0 Å². The molecule has 0 heterocycles. The van der Waals surface area contributed by atoms with Crippen LogP contribution in [0.2, 0.25) is 0 Å². The van der Waals surface area contributed by atoms with Gasteiger partial charge >= 0.3 is 39.5 Å². The number of rotatable bonds is 69. The molecule has 0 aliphatic rings. The lowest BCUT2D eigenvalue weighted by Gasteiger charge is -2.21. The van der Waals surface area contributed by atoms with E-state index in [0.717, 1.165) is 115 Å². The third-order valence-corrected chi connectivity index (χ3v) is 18.5. The van der Waals surface area contributed by atoms with Gasteiger partial charge in [-0.2, -0.15) is 0 Å². The van der Waals surface area contributed by atoms with Gasteiger partial charge in [0.2, 0.25) is 0 Å². The molecule has 0 amide bonds. The second kappa shape index (κ2) is 62.2. The van der Waals surface area contributed by atoms with Crippen LogP contribution < -0.4 is 0 Å². The largest absolute Gasteiger partial charge is 0.472 e. The Balaban J connectivity index is 5.22. The zero-order valence-electron chi connectivity index (χ0n) is 57.7. The minimum Gasteiger partial charge on any atom is -0.462 e. The average molecular weight is 1310 g/mol. The van der Waals surface area contributed by atoms with Crippen molar-refractivity contribution in [2.45, 2.75) is 374 Å². The minimum atomic E-state index is -4.95. The fourth-order valence-corrected chi connectivity index (χ4v) is 12.1. The lowest BCUT2D eigenvalue weighted by atomic mass is 9.99. The quantitative estimate of drug-likeness (QED) is 0.0222. The Labute approximate surface area is 543 Å². The first-order chi connectivity index (χ1) is 42.9. The van der Waals surface area contributed by atoms with E-state index in [4.69, 9.17) is 37.0 Å². The fraction of sp³-hybridized carbons (Fsp3) is 0.943. The monoisotopic (exact) mass is 1310 g/mol. The average Bonchev–Trinajstić information content (AvgIpc) is 3.52. The van der Waals surface area contributed by atoms with Crippen LogP contribution in [-0.4, -0.2) is 96.7 Å². The maximum atomic E-state index is 13.0. The SMILES string of the molecule is CCCCCCCCCCCCCCCCCC(=O)O[C@H](COC(=O)CCCCCCCCCCCCC(C)CC)COP(=O)(O)OC[C@@H](O)COP(=O)(O)OC[C@@H](COC(=O)CCCCCCCCC)OC(=O)CCCCCCCCCCCCC(C)C. The van der Waals surface area contributed by atoms with E-state index in [1.807, 2.05) is 0 Å². The van der Waals surface area contributed by atoms with Crippen LogP contribution in [0.15, 0.2) is 0 Å². The van der Waals surface area contributed by atoms with E-state index in [1.54, 1.807) is 0 Å². The number of hydrogen-bond donors (Lipinski definition) is 3. The van der Waals surface area contributed by atoms with Gasteiger partial charge in [0.1, 0.15) is 19.3 Å². The summed E-state index contributed by atoms with van der Waals surface area (Å²) >= 11 is 0. The van der Waals surface area contributed by atoms with Gasteiger partial charge in [-0.3, -0.25) is 37.3 Å². The lowest BCUT2D eigenvalue weighted by Crippen LogP contribution is -2.30. The molecular weight excluding hydrogens is 1170 g/mol. The van der Waals surface area contributed by atoms with Crippen molar-refractivity contribution in [3.8, 4) is 0 Å². The van der Waals surface area contributed by atoms with Crippen molar-refractivity contribution in [2.75, 3.05) is 39.6 Å². The molecule has 6 atom stereocenters. The van der Waals surface area contributed by atoms with Crippen LogP contribution in [0.3, 0.4) is 0 Å². The van der Waals surface area contributed by atoms with Gasteiger partial charge in [-0.25, -0.2) is 9.13 Å². The number of hydrogen-bond acceptors (Lipinski definition) is 15. The Morgan fingerprint density at radius 1 is 0.326 bits per heavy atom. The number of esters is 4. The number of carbonyl (C=O) groups is 4. The van der Waals surface area contributed by atoms with Crippen LogP contribution in [0, 0.1) is 11.8 Å². The number of ether oxygens (including phenoxy) is 4. The van der Waals surface area contributed by atoms with Gasteiger partial charge in [-0.05, 0) is 37.5 Å². The summed E-state index contributed by atoms with van der Waals surface area (Å²) in [5, 5.41) is 10.6. The number of aliphatic hydroxyl groups is 1. The first-order valence-electron chi connectivity index (χ1n) is 36.5. The van der Waals surface area contributed by atoms with Crippen LogP contribution in [0.5, 0.6) is 0 Å². The fourth-order valence-electron chi connectivity index (χ4n) is 10.6. The van der Waals surface area contributed by atoms with Crippen LogP contribution in [0.4, 0.5) is 0 Å². The molecule has 0 aliphatic carbocycles. The molecule has 0 bridgehead atoms. The second-order valence-corrected chi connectivity index (χ2v) is 28.9. The summed E-state index contributed by atoms with van der Waals surface area (Å²) in [5.74, 6) is -0.565. The van der Waals surface area contributed by atoms with Crippen LogP contribution in [-0.2, 0) is 65.4 Å². The van der Waals surface area contributed by atoms with Gasteiger partial charge in [0.15, 0.2) is 12.2 Å². The molecule has 0 fully saturated rings. The van der Waals surface area contributed by atoms with Gasteiger partial charge in [0, 0.05) is 25.7 Å². The van der Waals surface area contributed by atoms with E-state index in [0.29, 0.717) is 25.7 Å². The molecule has 89 heavy (non-hydrogen) atoms. The molecule has 0 aromatic rings. The van der Waals surface area contributed by atoms with E-state index in [1.165, 1.54) is 161 Å². The van der Waals surface area contributed by atoms with E-state index in [9.17, 15) is 43.2 Å². The predicted molar refractivity (Wildman–Crippen MR) is 358 cm³/mol. The molecule has 0 saturated carbocycles. The Morgan fingerprint density at radius 3 is 0.854 bits per heavy atom. The first-order valence-corrected chi connectivity index (χ1v) is 39.5. The summed E-state index contributed by atoms with van der Waals surface area (Å²) in [7, 11) is -9.90. The molecule has 0 saturated heterocycles. The number of carbonyl (C=O) groups excluding carboxylic acids is 4. The molecule has 3 N–H and O–H groups in total. The molecule has 0 aromatic heterocycles. The molecule has 17 nitrogen and oxygen atoms in total. The third-order valence-electron chi connectivity index (χ3n) is 16.6. The zero-order valence-corrected chi connectivity index (χ0v) is 59.5. The normalized spacial score (nSPS) is 14.4. The smallest absolute Gasteiger partial charge is 0.462 e. The first kappa shape index (κ1) is 87.1. The molecule has 19 heteroatoms. The summed E-state index contributed by atoms with van der Waals surface area (Å²) in [6.45, 7) is 9.53. The van der Waals surface area contributed by atoms with Crippen molar-refractivity contribution in [3.63, 3.8) is 0 Å². The molecule has 3 unspecified atom stereocenters. The number of aliphatic hydroxyl groups excluding tert-OH is 1. The molecule has 0 rings (SSSR count). The maximum absolute atomic E-state index is 13.0. The van der Waals surface area contributed by atoms with Crippen molar-refractivity contribution in [1.82, 2.24) is 0 Å². The van der Waals surface area contributed by atoms with Gasteiger partial charge in [-0.1, -0.05) is 305 Å². The summed E-state index contributed by atoms with van der Waals surface area (Å²) in [5.41, 5.74) is 0. The molecule has 0 spiro atoms. The highest BCUT2D eigenvalue weighted by Crippen LogP contribution is 2.45. The van der Waals surface area contributed by atoms with E-state index >= 15 is 0 Å². The Morgan fingerprint density at radius 2 is 0.573 bits per heavy atom. The van der Waals surface area contributed by atoms with Crippen LogP contribution >= 0.6 is 15.6 Å². The predicted octanol–water partition coefficient (Wildman–Crippen LogP) is 20.0. The van der Waals surface area contributed by atoms with Crippen molar-refractivity contribution < 1.29 is 80.2 Å². The van der Waals surface area contributed by atoms with E-state index < -0.39 is 97.5 Å². The highest BCUT2D eigenvalue weighted by atomic mass is 31.2. The Hall–Kier alpha value is -1.94. The second-order valence-electron chi connectivity index (χ2n) is 26.0. The summed E-state index contributed by atoms with van der Waals surface area (Å²) in [4.78, 5) is 72.4. The number of unbranched alkanes of at least 4 members (excludes halogenated alkanes) is 38. The lowest BCUT2D eigenvalue weighted by molar-refractivity contribution is -0.161. The Bertz CT molecular complexity index is 1740. The van der Waals surface area contributed by atoms with E-state index in [-0.39, 0.29) is 25.7 Å². The molecule has 0 aromatic carbocycles. The summed E-state index contributed by atoms with van der Waals surface area (Å²) < 4.78 is 68.2. The molecule has 0 radical (unpaired) electrons. The third kappa shape index (κ3) is 63.2. The van der Waals surface area contributed by atoms with Crippen molar-refractivity contribution in [2.24, 2.45) is 11.8 Å². The maximum Gasteiger partial charge on any atom is 0.472 e. The highest BCUT2D eigenvalue weighted by molar-refractivity contribution is 7.47. The zero-order chi connectivity index (χ0) is 65.7. The minimum absolute atomic E-state index is 0.106.